The number of nitrogens with zero attached hydrogens (tertiary/aromatic N) is 2. The molecule has 0 bridgehead atoms. The maximum absolute atomic E-state index is 12.2. The normalized spacial score (nSPS) is 46.9. The Hall–Kier alpha value is -0.970. The lowest BCUT2D eigenvalue weighted by atomic mass is 9.56. The number of rotatable bonds is 3. The highest BCUT2D eigenvalue weighted by atomic mass is 16.5. The molecule has 200 valence electrons. The molecule has 2 saturated heterocycles. The number of ketones is 1. The van der Waals surface area contributed by atoms with Crippen LogP contribution in [0.15, 0.2) is 22.8 Å². The van der Waals surface area contributed by atoms with Crippen molar-refractivity contribution in [2.45, 2.75) is 103 Å². The van der Waals surface area contributed by atoms with Crippen LogP contribution in [-0.2, 0) is 9.53 Å². The highest BCUT2D eigenvalue weighted by Crippen LogP contribution is 2.64. The summed E-state index contributed by atoms with van der Waals surface area (Å²) in [6.07, 6.45) is 12.9. The van der Waals surface area contributed by atoms with E-state index in [2.05, 4.69) is 51.6 Å². The number of likely N-dealkylation sites (N-methyl/N-ethyl adjacent to an activating group) is 1. The van der Waals surface area contributed by atoms with Crippen molar-refractivity contribution in [3.8, 4) is 0 Å². The van der Waals surface area contributed by atoms with Crippen LogP contribution >= 0.6 is 0 Å². The van der Waals surface area contributed by atoms with Crippen molar-refractivity contribution >= 4 is 5.78 Å². The van der Waals surface area contributed by atoms with Crippen LogP contribution in [0.2, 0.25) is 0 Å². The molecule has 0 N–H and O–H groups in total. The third kappa shape index (κ3) is 3.92. The smallest absolute Gasteiger partial charge is 0.155 e. The average molecular weight is 495 g/mol. The van der Waals surface area contributed by atoms with Gasteiger partial charge in [0.15, 0.2) is 5.78 Å². The Morgan fingerprint density at radius 1 is 1.17 bits per heavy atom. The van der Waals surface area contributed by atoms with Crippen molar-refractivity contribution < 1.29 is 9.53 Å². The zero-order chi connectivity index (χ0) is 25.4. The zero-order valence-electron chi connectivity index (χ0n) is 23.8. The first-order valence-electron chi connectivity index (χ1n) is 15.1. The summed E-state index contributed by atoms with van der Waals surface area (Å²) in [7, 11) is 4.40. The lowest BCUT2D eigenvalue weighted by molar-refractivity contribution is -0.116. The van der Waals surface area contributed by atoms with Crippen molar-refractivity contribution in [1.82, 2.24) is 9.80 Å². The maximum atomic E-state index is 12.2. The number of hydrogen-bond acceptors (Lipinski definition) is 4. The van der Waals surface area contributed by atoms with Crippen LogP contribution in [0.4, 0.5) is 0 Å². The van der Waals surface area contributed by atoms with Gasteiger partial charge in [0.05, 0.1) is 11.7 Å². The Bertz CT molecular complexity index is 967. The van der Waals surface area contributed by atoms with Crippen LogP contribution < -0.4 is 0 Å². The Labute approximate surface area is 219 Å². The molecule has 0 aromatic carbocycles. The van der Waals surface area contributed by atoms with Crippen molar-refractivity contribution in [1.29, 1.82) is 0 Å². The number of hydrogen-bond donors (Lipinski definition) is 0. The second kappa shape index (κ2) is 9.06. The van der Waals surface area contributed by atoms with Gasteiger partial charge in [0.2, 0.25) is 0 Å². The van der Waals surface area contributed by atoms with E-state index >= 15 is 0 Å². The molecular weight excluding hydrogens is 444 g/mol. The van der Waals surface area contributed by atoms with Crippen LogP contribution in [0.3, 0.4) is 0 Å². The van der Waals surface area contributed by atoms with E-state index in [1.807, 2.05) is 6.08 Å². The second-order valence-electron chi connectivity index (χ2n) is 14.3. The van der Waals surface area contributed by atoms with Gasteiger partial charge < -0.3 is 9.64 Å². The molecule has 6 aliphatic rings. The monoisotopic (exact) mass is 494 g/mol. The highest BCUT2D eigenvalue weighted by Gasteiger charge is 2.59. The summed E-state index contributed by atoms with van der Waals surface area (Å²) >= 11 is 0. The van der Waals surface area contributed by atoms with E-state index in [9.17, 15) is 4.79 Å². The third-order valence-corrected chi connectivity index (χ3v) is 12.0. The molecular formula is C32H50N2O2. The molecule has 4 aliphatic carbocycles. The molecule has 2 heterocycles. The molecule has 0 aromatic rings. The van der Waals surface area contributed by atoms with Gasteiger partial charge in [-0.2, -0.15) is 0 Å². The summed E-state index contributed by atoms with van der Waals surface area (Å²) in [5, 5.41) is 0. The number of piperidine rings is 1. The molecule has 0 amide bonds. The van der Waals surface area contributed by atoms with Crippen molar-refractivity contribution in [3.63, 3.8) is 0 Å². The Balaban J connectivity index is 1.26. The van der Waals surface area contributed by atoms with E-state index in [1.165, 1.54) is 44.2 Å². The molecule has 6 rings (SSSR count). The van der Waals surface area contributed by atoms with E-state index in [1.54, 1.807) is 11.1 Å². The van der Waals surface area contributed by atoms with Gasteiger partial charge in [0, 0.05) is 38.0 Å². The van der Waals surface area contributed by atoms with E-state index < -0.39 is 0 Å². The fourth-order valence-corrected chi connectivity index (χ4v) is 10.1. The number of carbonyl (C=O) groups excluding carboxylic acids is 1. The molecule has 0 aromatic heterocycles. The number of fused-ring (bicyclic) bond motifs is 6. The third-order valence-electron chi connectivity index (χ3n) is 12.0. The molecule has 0 radical (unpaired) electrons. The molecule has 4 heteroatoms. The van der Waals surface area contributed by atoms with Gasteiger partial charge in [-0.25, -0.2) is 0 Å². The van der Waals surface area contributed by atoms with Crippen LogP contribution in [-0.4, -0.2) is 67.1 Å². The average Bonchev–Trinajstić information content (AvgIpc) is 3.28. The number of ether oxygens (including phenoxy) is 1. The number of carbonyl (C=O) groups is 1. The molecule has 2 aliphatic heterocycles. The van der Waals surface area contributed by atoms with Crippen LogP contribution in [0.25, 0.3) is 0 Å². The predicted octanol–water partition coefficient (Wildman–Crippen LogP) is 5.87. The van der Waals surface area contributed by atoms with Gasteiger partial charge in [-0.05, 0) is 108 Å². The summed E-state index contributed by atoms with van der Waals surface area (Å²) in [5.74, 6) is 3.96. The molecule has 9 atom stereocenters. The Morgan fingerprint density at radius 3 is 2.75 bits per heavy atom. The van der Waals surface area contributed by atoms with E-state index in [4.69, 9.17) is 4.74 Å². The molecule has 4 nitrogen and oxygen atoms in total. The van der Waals surface area contributed by atoms with E-state index in [0.29, 0.717) is 29.8 Å². The van der Waals surface area contributed by atoms with Crippen LogP contribution in [0, 0.1) is 35.0 Å². The zero-order valence-corrected chi connectivity index (χ0v) is 23.8. The minimum absolute atomic E-state index is 0.0214. The summed E-state index contributed by atoms with van der Waals surface area (Å²) < 4.78 is 7.25. The largest absolute Gasteiger partial charge is 0.369 e. The lowest BCUT2D eigenvalue weighted by Crippen LogP contribution is -2.53. The van der Waals surface area contributed by atoms with Gasteiger partial charge >= 0.3 is 0 Å². The highest BCUT2D eigenvalue weighted by molar-refractivity contribution is 5.91. The van der Waals surface area contributed by atoms with Crippen LogP contribution in [0.5, 0.6) is 0 Å². The Morgan fingerprint density at radius 2 is 1.97 bits per heavy atom. The van der Waals surface area contributed by atoms with Gasteiger partial charge in [0.25, 0.3) is 0 Å². The van der Waals surface area contributed by atoms with Crippen molar-refractivity contribution in [2.75, 3.05) is 33.7 Å². The standard InChI is InChI=1S/C32H50N2O2/c1-20-15-29-30(34(19-20)14-13-33(5)6)22(3)32(36-29)12-10-25-26-8-7-23-16-24(35)9-11-31(23,4)28(26)17-27(25)21(2)18-32/h16,20,22,25-26,28-30H,7-15,17-19H2,1-6H3/t20?,22-,25+,26?,28+,29-,30+,31+,32+/m1/s1. The first-order chi connectivity index (χ1) is 17.1. The molecule has 1 spiro atoms. The topological polar surface area (TPSA) is 32.8 Å². The molecule has 2 saturated carbocycles. The minimum atomic E-state index is 0.0214. The summed E-state index contributed by atoms with van der Waals surface area (Å²) in [6.45, 7) is 13.4. The second-order valence-corrected chi connectivity index (χ2v) is 14.3. The SMILES string of the molecule is CC1=C2C[C@H]3C(CCC4=CC(=O)CC[C@@]43C)[C@@H]2CC[C@@]2(C1)O[C@@H]1CC(C)CN(CCN(C)C)[C@H]1[C@H]2C. The van der Waals surface area contributed by atoms with Gasteiger partial charge in [-0.3, -0.25) is 9.69 Å². The summed E-state index contributed by atoms with van der Waals surface area (Å²) in [6, 6.07) is 0.575. The summed E-state index contributed by atoms with van der Waals surface area (Å²) in [4.78, 5) is 17.3. The van der Waals surface area contributed by atoms with Crippen molar-refractivity contribution in [2.24, 2.45) is 35.0 Å². The van der Waals surface area contributed by atoms with E-state index in [0.717, 1.165) is 56.5 Å². The predicted molar refractivity (Wildman–Crippen MR) is 146 cm³/mol. The minimum Gasteiger partial charge on any atom is -0.369 e. The molecule has 36 heavy (non-hydrogen) atoms. The first kappa shape index (κ1) is 25.3. The number of allylic oxidation sites excluding steroid dienone is 3. The first-order valence-corrected chi connectivity index (χ1v) is 15.1. The van der Waals surface area contributed by atoms with Gasteiger partial charge in [-0.1, -0.05) is 37.5 Å². The quantitative estimate of drug-likeness (QED) is 0.459. The molecule has 2 unspecified atom stereocenters. The fraction of sp³-hybridized carbons (Fsp3) is 0.844. The Kier molecular flexibility index (Phi) is 6.37. The lowest BCUT2D eigenvalue weighted by Gasteiger charge is -2.48. The van der Waals surface area contributed by atoms with Gasteiger partial charge in [0.1, 0.15) is 0 Å². The summed E-state index contributed by atoms with van der Waals surface area (Å²) in [5.41, 5.74) is 5.21. The molecule has 4 fully saturated rings. The fourth-order valence-electron chi connectivity index (χ4n) is 10.1. The van der Waals surface area contributed by atoms with Crippen molar-refractivity contribution in [3.05, 3.63) is 22.8 Å². The van der Waals surface area contributed by atoms with E-state index in [-0.39, 0.29) is 11.0 Å². The maximum Gasteiger partial charge on any atom is 0.155 e. The van der Waals surface area contributed by atoms with Gasteiger partial charge in [-0.15, -0.1) is 0 Å². The number of likely N-dealkylation sites (tertiary alicyclic amines) is 1. The van der Waals surface area contributed by atoms with Crippen LogP contribution in [0.1, 0.15) is 85.5 Å².